The van der Waals surface area contributed by atoms with Crippen molar-refractivity contribution in [1.29, 1.82) is 0 Å². The molecule has 3 aromatic rings. The average Bonchev–Trinajstić information content (AvgIpc) is 3.04. The number of hydrogen-bond donors (Lipinski definition) is 1. The highest BCUT2D eigenvalue weighted by atomic mass is 19.1. The molecule has 162 valence electrons. The first-order valence-corrected chi connectivity index (χ1v) is 9.82. The van der Waals surface area contributed by atoms with Gasteiger partial charge in [0.1, 0.15) is 17.3 Å². The Balaban J connectivity index is 1.83. The monoisotopic (exact) mass is 429 g/mol. The van der Waals surface area contributed by atoms with Gasteiger partial charge in [-0.1, -0.05) is 0 Å². The molecule has 1 aromatic carbocycles. The Hall–Kier alpha value is -3.33. The van der Waals surface area contributed by atoms with Gasteiger partial charge in [-0.15, -0.1) is 0 Å². The minimum atomic E-state index is -1.04. The van der Waals surface area contributed by atoms with E-state index in [1.165, 1.54) is 11.8 Å². The first-order chi connectivity index (χ1) is 14.7. The van der Waals surface area contributed by atoms with Crippen molar-refractivity contribution in [3.63, 3.8) is 0 Å². The number of ketones is 1. The van der Waals surface area contributed by atoms with Crippen molar-refractivity contribution in [1.82, 2.24) is 14.3 Å². The molecule has 1 aliphatic heterocycles. The fraction of sp³-hybridized carbons (Fsp3) is 0.318. The van der Waals surface area contributed by atoms with Gasteiger partial charge in [0.2, 0.25) is 0 Å². The number of hydrogen-bond acceptors (Lipinski definition) is 4. The molecule has 1 aliphatic rings. The number of aryl methyl sites for hydroxylation is 1. The summed E-state index contributed by atoms with van der Waals surface area (Å²) in [5.41, 5.74) is 1.65. The van der Waals surface area contributed by atoms with E-state index in [0.29, 0.717) is 11.3 Å². The van der Waals surface area contributed by atoms with Crippen LogP contribution in [-0.4, -0.2) is 57.1 Å². The van der Waals surface area contributed by atoms with E-state index in [9.17, 15) is 23.5 Å². The number of rotatable bonds is 4. The van der Waals surface area contributed by atoms with Crippen LogP contribution in [0.4, 0.5) is 13.6 Å². The van der Waals surface area contributed by atoms with Gasteiger partial charge in [-0.3, -0.25) is 4.79 Å². The average molecular weight is 429 g/mol. The smallest absolute Gasteiger partial charge is 0.407 e. The second kappa shape index (κ2) is 8.07. The predicted octanol–water partition coefficient (Wildman–Crippen LogP) is 3.71. The zero-order chi connectivity index (χ0) is 22.3. The Labute approximate surface area is 176 Å². The fourth-order valence-electron chi connectivity index (χ4n) is 3.83. The van der Waals surface area contributed by atoms with E-state index in [1.54, 1.807) is 16.7 Å². The third-order valence-electron chi connectivity index (χ3n) is 5.40. The molecule has 0 saturated carbocycles. The number of carbonyl (C=O) groups is 2. The number of morpholine rings is 1. The lowest BCUT2D eigenvalue weighted by molar-refractivity contribution is -0.0214. The highest BCUT2D eigenvalue weighted by Gasteiger charge is 2.28. The molecule has 2 aromatic heterocycles. The fourth-order valence-corrected chi connectivity index (χ4v) is 3.83. The van der Waals surface area contributed by atoms with Gasteiger partial charge in [0.25, 0.3) is 0 Å². The van der Waals surface area contributed by atoms with Crippen LogP contribution in [0.3, 0.4) is 0 Å². The molecule has 0 bridgehead atoms. The molecular weight excluding hydrogens is 408 g/mol. The lowest BCUT2D eigenvalue weighted by Crippen LogP contribution is -2.45. The molecule has 0 unspecified atom stereocenters. The van der Waals surface area contributed by atoms with Gasteiger partial charge < -0.3 is 19.1 Å². The summed E-state index contributed by atoms with van der Waals surface area (Å²) in [6.45, 7) is 3.76. The third-order valence-corrected chi connectivity index (χ3v) is 5.40. The lowest BCUT2D eigenvalue weighted by Gasteiger charge is -2.31. The summed E-state index contributed by atoms with van der Waals surface area (Å²) in [4.78, 5) is 28.6. The minimum absolute atomic E-state index is 0.0624. The van der Waals surface area contributed by atoms with E-state index >= 15 is 0 Å². The van der Waals surface area contributed by atoms with Crippen LogP contribution in [0.15, 0.2) is 30.5 Å². The molecule has 0 aliphatic carbocycles. The zero-order valence-electron chi connectivity index (χ0n) is 17.1. The first-order valence-electron chi connectivity index (χ1n) is 9.82. The Bertz CT molecular complexity index is 1170. The van der Waals surface area contributed by atoms with E-state index in [2.05, 4.69) is 4.98 Å². The molecule has 1 amide bonds. The number of imidazole rings is 1. The number of ether oxygens (including phenoxy) is 1. The van der Waals surface area contributed by atoms with E-state index in [0.717, 1.165) is 17.7 Å². The standard InChI is InChI=1S/C22H21F2N3O4/c1-12-3-4-27-18(10-15-11-26(22(29)30)5-6-31-15)21(25-19(27)7-12)20-16(23)8-14(13(2)28)9-17(20)24/h3-4,7-9,15H,5-6,10-11H2,1-2H3,(H,29,30)/t15-/m0/s1. The Morgan fingerprint density at radius 3 is 2.61 bits per heavy atom. The topological polar surface area (TPSA) is 84.1 Å². The second-order valence-corrected chi connectivity index (χ2v) is 7.64. The number of carboxylic acid groups (broad SMARTS) is 1. The maximum atomic E-state index is 14.9. The largest absolute Gasteiger partial charge is 0.465 e. The van der Waals surface area contributed by atoms with Crippen LogP contribution in [0.2, 0.25) is 0 Å². The number of benzene rings is 1. The molecule has 1 fully saturated rings. The summed E-state index contributed by atoms with van der Waals surface area (Å²) in [6, 6.07) is 5.64. The van der Waals surface area contributed by atoms with Crippen LogP contribution in [0.5, 0.6) is 0 Å². The number of fused-ring (bicyclic) bond motifs is 1. The van der Waals surface area contributed by atoms with Crippen LogP contribution >= 0.6 is 0 Å². The van der Waals surface area contributed by atoms with Gasteiger partial charge in [0.05, 0.1) is 36.2 Å². The van der Waals surface area contributed by atoms with Gasteiger partial charge in [0, 0.05) is 24.7 Å². The van der Waals surface area contributed by atoms with Crippen LogP contribution in [0.1, 0.15) is 28.5 Å². The van der Waals surface area contributed by atoms with Gasteiger partial charge in [-0.2, -0.15) is 0 Å². The number of Topliss-reactive ketones (excluding diaryl/α,β-unsaturated/α-hetero) is 1. The van der Waals surface area contributed by atoms with Gasteiger partial charge in [0.15, 0.2) is 5.78 Å². The summed E-state index contributed by atoms with van der Waals surface area (Å²) in [5.74, 6) is -2.22. The normalized spacial score (nSPS) is 16.6. The molecule has 0 radical (unpaired) electrons. The Morgan fingerprint density at radius 1 is 1.26 bits per heavy atom. The summed E-state index contributed by atoms with van der Waals surface area (Å²) >= 11 is 0. The van der Waals surface area contributed by atoms with Crippen molar-refractivity contribution in [2.45, 2.75) is 26.4 Å². The van der Waals surface area contributed by atoms with E-state index < -0.39 is 29.6 Å². The number of aromatic nitrogens is 2. The van der Waals surface area contributed by atoms with Crippen molar-refractivity contribution in [3.8, 4) is 11.3 Å². The molecule has 9 heteroatoms. The quantitative estimate of drug-likeness (QED) is 0.639. The number of nitrogens with zero attached hydrogens (tertiary/aromatic N) is 3. The number of carbonyl (C=O) groups excluding carboxylic acids is 1. The zero-order valence-corrected chi connectivity index (χ0v) is 17.1. The maximum absolute atomic E-state index is 14.9. The Kier molecular flexibility index (Phi) is 5.45. The van der Waals surface area contributed by atoms with Gasteiger partial charge in [-0.25, -0.2) is 18.6 Å². The first kappa shape index (κ1) is 20.9. The van der Waals surface area contributed by atoms with Crippen LogP contribution < -0.4 is 0 Å². The highest BCUT2D eigenvalue weighted by molar-refractivity contribution is 5.94. The van der Waals surface area contributed by atoms with Crippen LogP contribution in [0.25, 0.3) is 16.9 Å². The SMILES string of the molecule is CC(=O)c1cc(F)c(-c2nc3cc(C)ccn3c2C[C@H]2CN(C(=O)O)CCO2)c(F)c1. The van der Waals surface area contributed by atoms with Crippen molar-refractivity contribution in [2.75, 3.05) is 19.7 Å². The van der Waals surface area contributed by atoms with E-state index in [-0.39, 0.29) is 42.9 Å². The highest BCUT2D eigenvalue weighted by Crippen LogP contribution is 2.32. The number of pyridine rings is 1. The van der Waals surface area contributed by atoms with E-state index in [4.69, 9.17) is 4.74 Å². The van der Waals surface area contributed by atoms with Crippen LogP contribution in [0, 0.1) is 18.6 Å². The molecule has 3 heterocycles. The molecule has 1 atom stereocenters. The number of halogens is 2. The maximum Gasteiger partial charge on any atom is 0.407 e. The van der Waals surface area contributed by atoms with Crippen molar-refractivity contribution < 1.29 is 28.2 Å². The van der Waals surface area contributed by atoms with Gasteiger partial charge in [-0.05, 0) is 43.7 Å². The number of amides is 1. The molecule has 31 heavy (non-hydrogen) atoms. The predicted molar refractivity (Wildman–Crippen MR) is 108 cm³/mol. The van der Waals surface area contributed by atoms with Crippen molar-refractivity contribution in [3.05, 3.63) is 58.9 Å². The van der Waals surface area contributed by atoms with Gasteiger partial charge >= 0.3 is 6.09 Å². The summed E-state index contributed by atoms with van der Waals surface area (Å²) in [5, 5.41) is 9.29. The summed E-state index contributed by atoms with van der Waals surface area (Å²) in [7, 11) is 0. The van der Waals surface area contributed by atoms with Crippen LogP contribution in [-0.2, 0) is 11.2 Å². The second-order valence-electron chi connectivity index (χ2n) is 7.64. The molecule has 7 nitrogen and oxygen atoms in total. The van der Waals surface area contributed by atoms with E-state index in [1.807, 2.05) is 13.0 Å². The minimum Gasteiger partial charge on any atom is -0.465 e. The molecule has 4 rings (SSSR count). The van der Waals surface area contributed by atoms with Crippen molar-refractivity contribution in [2.24, 2.45) is 0 Å². The lowest BCUT2D eigenvalue weighted by atomic mass is 10.0. The molecule has 1 saturated heterocycles. The molecule has 0 spiro atoms. The summed E-state index contributed by atoms with van der Waals surface area (Å²) in [6.07, 6.45) is 0.427. The molecular formula is C22H21F2N3O4. The molecule has 1 N–H and O–H groups in total. The third kappa shape index (κ3) is 4.00. The van der Waals surface area contributed by atoms with Crippen molar-refractivity contribution >= 4 is 17.5 Å². The summed E-state index contributed by atoms with van der Waals surface area (Å²) < 4.78 is 37.3. The Morgan fingerprint density at radius 2 is 1.97 bits per heavy atom.